The molecule has 0 aliphatic carbocycles. The molecule has 72 valence electrons. The largest absolute Gasteiger partial charge is 0.481 e. The number of hydrogen-bond acceptors (Lipinski definition) is 2. The van der Waals surface area contributed by atoms with E-state index in [-0.39, 0.29) is 0 Å². The van der Waals surface area contributed by atoms with Crippen LogP contribution in [0, 0.1) is 0 Å². The molecule has 0 saturated carbocycles. The van der Waals surface area contributed by atoms with Crippen LogP contribution in [0.3, 0.4) is 0 Å². The number of rotatable bonds is 1. The lowest BCUT2D eigenvalue weighted by Crippen LogP contribution is -1.89. The van der Waals surface area contributed by atoms with Gasteiger partial charge < -0.3 is 4.74 Å². The highest BCUT2D eigenvalue weighted by molar-refractivity contribution is 9.10. The van der Waals surface area contributed by atoms with Gasteiger partial charge in [-0.15, -0.1) is 0 Å². The van der Waals surface area contributed by atoms with Gasteiger partial charge in [0.15, 0.2) is 0 Å². The van der Waals surface area contributed by atoms with Crippen LogP contribution in [-0.4, -0.2) is 12.1 Å². The molecule has 0 aliphatic rings. The number of halogens is 2. The van der Waals surface area contributed by atoms with Gasteiger partial charge in [0.25, 0.3) is 0 Å². The molecule has 2 rings (SSSR count). The lowest BCUT2D eigenvalue weighted by molar-refractivity contribution is 0.403. The molecule has 0 bridgehead atoms. The van der Waals surface area contributed by atoms with Crippen molar-refractivity contribution >= 4 is 38.3 Å². The van der Waals surface area contributed by atoms with Gasteiger partial charge in [0.2, 0.25) is 5.88 Å². The lowest BCUT2D eigenvalue weighted by atomic mass is 10.2. The second-order valence-corrected chi connectivity index (χ2v) is 4.04. The number of ether oxygens (including phenoxy) is 1. The smallest absolute Gasteiger partial charge is 0.221 e. The first-order valence-corrected chi connectivity index (χ1v) is 5.18. The van der Waals surface area contributed by atoms with Gasteiger partial charge in [-0.1, -0.05) is 17.7 Å². The maximum absolute atomic E-state index is 6.08. The van der Waals surface area contributed by atoms with Crippen molar-refractivity contribution in [2.75, 3.05) is 7.11 Å². The molecule has 2 aromatic rings. The molecule has 0 atom stereocenters. The first-order valence-electron chi connectivity index (χ1n) is 4.00. The van der Waals surface area contributed by atoms with E-state index in [0.29, 0.717) is 10.9 Å². The van der Waals surface area contributed by atoms with Gasteiger partial charge in [0, 0.05) is 26.5 Å². The summed E-state index contributed by atoms with van der Waals surface area (Å²) in [5.74, 6) is 0.589. The fourth-order valence-corrected chi connectivity index (χ4v) is 2.28. The molecule has 1 aromatic heterocycles. The molecule has 0 radical (unpaired) electrons. The maximum atomic E-state index is 6.08. The van der Waals surface area contributed by atoms with Gasteiger partial charge >= 0.3 is 0 Å². The normalized spacial score (nSPS) is 10.5. The van der Waals surface area contributed by atoms with E-state index < -0.39 is 0 Å². The average molecular weight is 273 g/mol. The van der Waals surface area contributed by atoms with E-state index in [1.165, 1.54) is 0 Å². The number of methoxy groups -OCH3 is 1. The summed E-state index contributed by atoms with van der Waals surface area (Å²) in [4.78, 5) is 4.14. The summed E-state index contributed by atoms with van der Waals surface area (Å²) < 4.78 is 6.02. The predicted molar refractivity (Wildman–Crippen MR) is 61.0 cm³/mol. The zero-order valence-corrected chi connectivity index (χ0v) is 9.76. The van der Waals surface area contributed by atoms with Gasteiger partial charge in [-0.25, -0.2) is 4.98 Å². The summed E-state index contributed by atoms with van der Waals surface area (Å²) >= 11 is 9.49. The molecule has 0 spiro atoms. The van der Waals surface area contributed by atoms with Gasteiger partial charge in [0.05, 0.1) is 7.11 Å². The monoisotopic (exact) mass is 271 g/mol. The Morgan fingerprint density at radius 1 is 1.43 bits per heavy atom. The van der Waals surface area contributed by atoms with Crippen LogP contribution >= 0.6 is 27.5 Å². The van der Waals surface area contributed by atoms with Crippen LogP contribution in [0.2, 0.25) is 5.02 Å². The number of aromatic nitrogens is 1. The number of benzene rings is 1. The van der Waals surface area contributed by atoms with Crippen molar-refractivity contribution in [2.45, 2.75) is 0 Å². The fourth-order valence-electron chi connectivity index (χ4n) is 1.36. The van der Waals surface area contributed by atoms with Crippen molar-refractivity contribution < 1.29 is 4.74 Å². The van der Waals surface area contributed by atoms with Crippen molar-refractivity contribution in [1.82, 2.24) is 4.98 Å². The number of hydrogen-bond donors (Lipinski definition) is 0. The van der Waals surface area contributed by atoms with E-state index in [9.17, 15) is 0 Å². The summed E-state index contributed by atoms with van der Waals surface area (Å²) in [7, 11) is 1.59. The Labute approximate surface area is 95.0 Å². The van der Waals surface area contributed by atoms with Gasteiger partial charge in [-0.05, 0) is 28.1 Å². The van der Waals surface area contributed by atoms with Crippen LogP contribution < -0.4 is 4.74 Å². The molecule has 0 N–H and O–H groups in total. The summed E-state index contributed by atoms with van der Waals surface area (Å²) in [5.41, 5.74) is 0. The minimum atomic E-state index is 0.589. The maximum Gasteiger partial charge on any atom is 0.221 e. The molecule has 14 heavy (non-hydrogen) atoms. The van der Waals surface area contributed by atoms with Crippen LogP contribution in [0.15, 0.2) is 28.9 Å². The SMILES string of the molecule is COc1ncc(Br)c2c(Cl)cccc12. The molecule has 0 saturated heterocycles. The first kappa shape index (κ1) is 9.74. The van der Waals surface area contributed by atoms with E-state index in [2.05, 4.69) is 20.9 Å². The molecule has 0 amide bonds. The Morgan fingerprint density at radius 3 is 2.93 bits per heavy atom. The van der Waals surface area contributed by atoms with Gasteiger partial charge in [-0.2, -0.15) is 0 Å². The molecule has 4 heteroatoms. The van der Waals surface area contributed by atoms with E-state index in [1.54, 1.807) is 13.3 Å². The van der Waals surface area contributed by atoms with Gasteiger partial charge in [0.1, 0.15) is 0 Å². The van der Waals surface area contributed by atoms with Gasteiger partial charge in [-0.3, -0.25) is 0 Å². The Hall–Kier alpha value is -0.800. The van der Waals surface area contributed by atoms with Crippen LogP contribution in [0.1, 0.15) is 0 Å². The number of pyridine rings is 1. The quantitative estimate of drug-likeness (QED) is 0.790. The minimum absolute atomic E-state index is 0.589. The predicted octanol–water partition coefficient (Wildman–Crippen LogP) is 3.66. The van der Waals surface area contributed by atoms with E-state index in [1.807, 2.05) is 18.2 Å². The Bertz CT molecular complexity index is 479. The van der Waals surface area contributed by atoms with E-state index in [0.717, 1.165) is 15.2 Å². The molecule has 2 nitrogen and oxygen atoms in total. The number of fused-ring (bicyclic) bond motifs is 1. The summed E-state index contributed by atoms with van der Waals surface area (Å²) in [6.07, 6.45) is 1.69. The number of nitrogens with zero attached hydrogens (tertiary/aromatic N) is 1. The van der Waals surface area contributed by atoms with Crippen LogP contribution in [0.25, 0.3) is 10.8 Å². The second kappa shape index (κ2) is 3.75. The third-order valence-corrected chi connectivity index (χ3v) is 2.89. The van der Waals surface area contributed by atoms with Crippen LogP contribution in [-0.2, 0) is 0 Å². The third kappa shape index (κ3) is 1.47. The van der Waals surface area contributed by atoms with Crippen molar-refractivity contribution in [3.8, 4) is 5.88 Å². The summed E-state index contributed by atoms with van der Waals surface area (Å²) in [6.45, 7) is 0. The molecule has 1 aromatic carbocycles. The molecule has 0 aliphatic heterocycles. The fraction of sp³-hybridized carbons (Fsp3) is 0.100. The topological polar surface area (TPSA) is 22.1 Å². The molecule has 0 unspecified atom stereocenters. The first-order chi connectivity index (χ1) is 6.74. The molecular formula is C10H7BrClNO. The highest BCUT2D eigenvalue weighted by atomic mass is 79.9. The highest BCUT2D eigenvalue weighted by Crippen LogP contribution is 2.34. The zero-order chi connectivity index (χ0) is 10.1. The van der Waals surface area contributed by atoms with E-state index in [4.69, 9.17) is 16.3 Å². The van der Waals surface area contributed by atoms with Crippen LogP contribution in [0.4, 0.5) is 0 Å². The summed E-state index contributed by atoms with van der Waals surface area (Å²) in [5, 5.41) is 2.53. The molecule has 0 fully saturated rings. The van der Waals surface area contributed by atoms with E-state index >= 15 is 0 Å². The highest BCUT2D eigenvalue weighted by Gasteiger charge is 2.08. The Morgan fingerprint density at radius 2 is 2.21 bits per heavy atom. The Kier molecular flexibility index (Phi) is 2.61. The molecular weight excluding hydrogens is 265 g/mol. The zero-order valence-electron chi connectivity index (χ0n) is 7.42. The summed E-state index contributed by atoms with van der Waals surface area (Å²) in [6, 6.07) is 5.65. The third-order valence-electron chi connectivity index (χ3n) is 1.97. The van der Waals surface area contributed by atoms with Crippen molar-refractivity contribution in [3.05, 3.63) is 33.9 Å². The van der Waals surface area contributed by atoms with Crippen LogP contribution in [0.5, 0.6) is 5.88 Å². The van der Waals surface area contributed by atoms with Crippen molar-refractivity contribution in [2.24, 2.45) is 0 Å². The second-order valence-electron chi connectivity index (χ2n) is 2.78. The van der Waals surface area contributed by atoms with Crippen molar-refractivity contribution in [3.63, 3.8) is 0 Å². The minimum Gasteiger partial charge on any atom is -0.481 e. The standard InChI is InChI=1S/C10H7BrClNO/c1-14-10-6-3-2-4-8(12)9(6)7(11)5-13-10/h2-5H,1H3. The Balaban J connectivity index is 2.91. The molecule has 1 heterocycles. The average Bonchev–Trinajstić information content (AvgIpc) is 2.18. The van der Waals surface area contributed by atoms with Crippen molar-refractivity contribution in [1.29, 1.82) is 0 Å². The lowest BCUT2D eigenvalue weighted by Gasteiger charge is -2.06.